The first-order valence-electron chi connectivity index (χ1n) is 7.84. The zero-order valence-electron chi connectivity index (χ0n) is 14.1. The third-order valence-electron chi connectivity index (χ3n) is 4.17. The van der Waals surface area contributed by atoms with Crippen LogP contribution in [-0.4, -0.2) is 17.3 Å². The Morgan fingerprint density at radius 2 is 1.87 bits per heavy atom. The second kappa shape index (κ2) is 7.23. The van der Waals surface area contributed by atoms with Gasteiger partial charge in [-0.2, -0.15) is 0 Å². The number of phenols is 2. The Labute approximate surface area is 137 Å². The standard InChI is InChI=1S/C20H24O3/c1-5-13(2)20(11-15-6-7-17(21)8-14(15)3)16-9-18(22)12-19(10-16)23-4/h6-13,21-22H,5H2,1-4H3/b20-11+. The average molecular weight is 312 g/mol. The molecule has 1 atom stereocenters. The van der Waals surface area contributed by atoms with Crippen LogP contribution in [0.1, 0.15) is 37.0 Å². The fourth-order valence-corrected chi connectivity index (χ4v) is 2.59. The number of ether oxygens (including phenoxy) is 1. The summed E-state index contributed by atoms with van der Waals surface area (Å²) in [5.74, 6) is 1.42. The van der Waals surface area contributed by atoms with E-state index < -0.39 is 0 Å². The van der Waals surface area contributed by atoms with Crippen LogP contribution in [-0.2, 0) is 0 Å². The molecule has 2 aromatic rings. The molecule has 0 radical (unpaired) electrons. The van der Waals surface area contributed by atoms with Crippen LogP contribution in [0.15, 0.2) is 36.4 Å². The maximum atomic E-state index is 9.95. The van der Waals surface area contributed by atoms with Crippen LogP contribution in [0.2, 0.25) is 0 Å². The number of aromatic hydroxyl groups is 2. The predicted octanol–water partition coefficient (Wildman–Crippen LogP) is 5.00. The van der Waals surface area contributed by atoms with Gasteiger partial charge < -0.3 is 14.9 Å². The van der Waals surface area contributed by atoms with Gasteiger partial charge in [-0.15, -0.1) is 0 Å². The van der Waals surface area contributed by atoms with E-state index in [1.54, 1.807) is 31.4 Å². The van der Waals surface area contributed by atoms with Crippen LogP contribution >= 0.6 is 0 Å². The lowest BCUT2D eigenvalue weighted by molar-refractivity contribution is 0.407. The van der Waals surface area contributed by atoms with Crippen molar-refractivity contribution in [2.45, 2.75) is 27.2 Å². The van der Waals surface area contributed by atoms with E-state index >= 15 is 0 Å². The Kier molecular flexibility index (Phi) is 5.32. The number of hydrogen-bond donors (Lipinski definition) is 2. The Hall–Kier alpha value is -2.42. The molecule has 122 valence electrons. The highest BCUT2D eigenvalue weighted by Crippen LogP contribution is 2.34. The van der Waals surface area contributed by atoms with E-state index in [4.69, 9.17) is 4.74 Å². The number of methoxy groups -OCH3 is 1. The fourth-order valence-electron chi connectivity index (χ4n) is 2.59. The number of allylic oxidation sites excluding steroid dienone is 1. The summed E-state index contributed by atoms with van der Waals surface area (Å²) in [4.78, 5) is 0. The number of benzene rings is 2. The number of aryl methyl sites for hydroxylation is 1. The summed E-state index contributed by atoms with van der Waals surface area (Å²) in [5.41, 5.74) is 4.15. The quantitative estimate of drug-likeness (QED) is 0.764. The predicted molar refractivity (Wildman–Crippen MR) is 94.8 cm³/mol. The second-order valence-corrected chi connectivity index (χ2v) is 5.87. The molecule has 0 aliphatic heterocycles. The number of rotatable bonds is 5. The normalized spacial score (nSPS) is 13.0. The van der Waals surface area contributed by atoms with Gasteiger partial charge in [0, 0.05) is 6.07 Å². The zero-order chi connectivity index (χ0) is 17.0. The van der Waals surface area contributed by atoms with Crippen LogP contribution in [0.3, 0.4) is 0 Å². The highest BCUT2D eigenvalue weighted by atomic mass is 16.5. The molecule has 3 heteroatoms. The molecule has 0 heterocycles. The first-order chi connectivity index (χ1) is 10.9. The van der Waals surface area contributed by atoms with Gasteiger partial charge in [0.2, 0.25) is 0 Å². The van der Waals surface area contributed by atoms with Gasteiger partial charge in [0.15, 0.2) is 0 Å². The summed E-state index contributed by atoms with van der Waals surface area (Å²) in [6.45, 7) is 6.28. The molecule has 0 fully saturated rings. The Bertz CT molecular complexity index is 717. The largest absolute Gasteiger partial charge is 0.508 e. The lowest BCUT2D eigenvalue weighted by Gasteiger charge is -2.17. The molecule has 0 aliphatic rings. The second-order valence-electron chi connectivity index (χ2n) is 5.87. The van der Waals surface area contributed by atoms with Gasteiger partial charge in [-0.05, 0) is 65.8 Å². The van der Waals surface area contributed by atoms with Gasteiger partial charge in [-0.25, -0.2) is 0 Å². The molecule has 23 heavy (non-hydrogen) atoms. The third-order valence-corrected chi connectivity index (χ3v) is 4.17. The van der Waals surface area contributed by atoms with Gasteiger partial charge in [-0.3, -0.25) is 0 Å². The van der Waals surface area contributed by atoms with Crippen molar-refractivity contribution < 1.29 is 14.9 Å². The number of phenolic OH excluding ortho intramolecular Hbond substituents is 2. The molecule has 0 bridgehead atoms. The Morgan fingerprint density at radius 1 is 1.13 bits per heavy atom. The molecular formula is C20H24O3. The monoisotopic (exact) mass is 312 g/mol. The number of hydrogen-bond acceptors (Lipinski definition) is 3. The lowest BCUT2D eigenvalue weighted by atomic mass is 9.89. The lowest BCUT2D eigenvalue weighted by Crippen LogP contribution is -1.99. The molecule has 0 aromatic heterocycles. The van der Waals surface area contributed by atoms with E-state index in [1.807, 2.05) is 19.1 Å². The van der Waals surface area contributed by atoms with Crippen LogP contribution in [0.25, 0.3) is 11.6 Å². The highest BCUT2D eigenvalue weighted by molar-refractivity contribution is 5.84. The molecular weight excluding hydrogens is 288 g/mol. The summed E-state index contributed by atoms with van der Waals surface area (Å²) in [5, 5.41) is 19.5. The summed E-state index contributed by atoms with van der Waals surface area (Å²) in [6, 6.07) is 10.7. The molecule has 0 aliphatic carbocycles. The van der Waals surface area contributed by atoms with Gasteiger partial charge in [0.25, 0.3) is 0 Å². The molecule has 2 rings (SSSR count). The summed E-state index contributed by atoms with van der Waals surface area (Å²) >= 11 is 0. The minimum Gasteiger partial charge on any atom is -0.508 e. The van der Waals surface area contributed by atoms with Crippen molar-refractivity contribution in [1.82, 2.24) is 0 Å². The van der Waals surface area contributed by atoms with Crippen molar-refractivity contribution in [3.05, 3.63) is 53.1 Å². The van der Waals surface area contributed by atoms with Crippen molar-refractivity contribution in [3.63, 3.8) is 0 Å². The van der Waals surface area contributed by atoms with Crippen molar-refractivity contribution in [2.75, 3.05) is 7.11 Å². The Morgan fingerprint density at radius 3 is 2.48 bits per heavy atom. The van der Waals surface area contributed by atoms with E-state index in [2.05, 4.69) is 19.9 Å². The van der Waals surface area contributed by atoms with Crippen LogP contribution in [0.5, 0.6) is 17.2 Å². The van der Waals surface area contributed by atoms with Crippen LogP contribution < -0.4 is 4.74 Å². The first kappa shape index (κ1) is 16.9. The molecule has 2 aromatic carbocycles. The molecule has 2 N–H and O–H groups in total. The van der Waals surface area contributed by atoms with E-state index in [0.29, 0.717) is 11.7 Å². The Balaban J connectivity index is 2.57. The average Bonchev–Trinajstić information content (AvgIpc) is 2.52. The summed E-state index contributed by atoms with van der Waals surface area (Å²) in [6.07, 6.45) is 3.11. The SMILES string of the molecule is CCC(C)/C(=C\c1ccc(O)cc1C)c1cc(O)cc(OC)c1. The maximum absolute atomic E-state index is 9.95. The molecule has 0 saturated heterocycles. The smallest absolute Gasteiger partial charge is 0.123 e. The fraction of sp³-hybridized carbons (Fsp3) is 0.300. The molecule has 3 nitrogen and oxygen atoms in total. The van der Waals surface area contributed by atoms with E-state index in [1.165, 1.54) is 0 Å². The van der Waals surface area contributed by atoms with Crippen LogP contribution in [0, 0.1) is 12.8 Å². The van der Waals surface area contributed by atoms with E-state index in [9.17, 15) is 10.2 Å². The molecule has 0 spiro atoms. The topological polar surface area (TPSA) is 49.7 Å². The van der Waals surface area contributed by atoms with E-state index in [-0.39, 0.29) is 11.5 Å². The van der Waals surface area contributed by atoms with Gasteiger partial charge in [0.05, 0.1) is 7.11 Å². The first-order valence-corrected chi connectivity index (χ1v) is 7.84. The van der Waals surface area contributed by atoms with Crippen molar-refractivity contribution in [3.8, 4) is 17.2 Å². The van der Waals surface area contributed by atoms with Gasteiger partial charge >= 0.3 is 0 Å². The molecule has 0 saturated carbocycles. The van der Waals surface area contributed by atoms with Crippen LogP contribution in [0.4, 0.5) is 0 Å². The maximum Gasteiger partial charge on any atom is 0.123 e. The summed E-state index contributed by atoms with van der Waals surface area (Å²) < 4.78 is 5.27. The van der Waals surface area contributed by atoms with Gasteiger partial charge in [-0.1, -0.05) is 26.0 Å². The van der Waals surface area contributed by atoms with E-state index in [0.717, 1.165) is 28.7 Å². The summed E-state index contributed by atoms with van der Waals surface area (Å²) in [7, 11) is 1.59. The zero-order valence-corrected chi connectivity index (χ0v) is 14.1. The van der Waals surface area contributed by atoms with Crippen molar-refractivity contribution >= 4 is 11.6 Å². The highest BCUT2D eigenvalue weighted by Gasteiger charge is 2.13. The molecule has 1 unspecified atom stereocenters. The molecule has 0 amide bonds. The third kappa shape index (κ3) is 4.07. The van der Waals surface area contributed by atoms with Crippen molar-refractivity contribution in [2.24, 2.45) is 5.92 Å². The van der Waals surface area contributed by atoms with Gasteiger partial charge in [0.1, 0.15) is 17.2 Å². The van der Waals surface area contributed by atoms with Crippen molar-refractivity contribution in [1.29, 1.82) is 0 Å². The minimum atomic E-state index is 0.191. The minimum absolute atomic E-state index is 0.191.